The highest BCUT2D eigenvalue weighted by molar-refractivity contribution is 5.50. The van der Waals surface area contributed by atoms with Gasteiger partial charge in [-0.15, -0.1) is 0 Å². The fraction of sp³-hybridized carbons (Fsp3) is 0.368. The van der Waals surface area contributed by atoms with Crippen LogP contribution in [0.25, 0.3) is 0 Å². The van der Waals surface area contributed by atoms with E-state index in [1.54, 1.807) is 0 Å². The summed E-state index contributed by atoms with van der Waals surface area (Å²) in [6, 6.07) is 19.0. The zero-order chi connectivity index (χ0) is 14.1. The molecular weight excluding hydrogens is 258 g/mol. The van der Waals surface area contributed by atoms with Crippen molar-refractivity contribution in [1.29, 1.82) is 0 Å². The van der Waals surface area contributed by atoms with Crippen LogP contribution in [-0.2, 0) is 0 Å². The van der Waals surface area contributed by atoms with E-state index in [4.69, 9.17) is 4.74 Å². The van der Waals surface area contributed by atoms with E-state index in [-0.39, 0.29) is 0 Å². The van der Waals surface area contributed by atoms with Crippen LogP contribution in [-0.4, -0.2) is 6.04 Å². The SMILES string of the molecule is c1ccc(Oc2cccc(NC(C3CC3)C3CC3)c2)cc1. The normalized spacial score (nSPS) is 17.8. The van der Waals surface area contributed by atoms with Crippen LogP contribution in [0, 0.1) is 11.8 Å². The molecule has 4 rings (SSSR count). The van der Waals surface area contributed by atoms with Gasteiger partial charge in [-0.3, -0.25) is 0 Å². The van der Waals surface area contributed by atoms with Crippen molar-refractivity contribution < 1.29 is 4.74 Å². The first kappa shape index (κ1) is 12.8. The van der Waals surface area contributed by atoms with E-state index in [1.807, 2.05) is 36.4 Å². The summed E-state index contributed by atoms with van der Waals surface area (Å²) in [5, 5.41) is 3.75. The Bertz CT molecular complexity index is 590. The fourth-order valence-corrected chi connectivity index (χ4v) is 3.00. The molecule has 2 aliphatic carbocycles. The lowest BCUT2D eigenvalue weighted by atomic mass is 10.1. The Hall–Kier alpha value is -1.96. The van der Waals surface area contributed by atoms with Crippen LogP contribution in [0.2, 0.25) is 0 Å². The van der Waals surface area contributed by atoms with Crippen LogP contribution in [0.4, 0.5) is 5.69 Å². The van der Waals surface area contributed by atoms with Gasteiger partial charge in [0.15, 0.2) is 0 Å². The number of rotatable bonds is 6. The number of hydrogen-bond donors (Lipinski definition) is 1. The largest absolute Gasteiger partial charge is 0.457 e. The summed E-state index contributed by atoms with van der Waals surface area (Å²) in [7, 11) is 0. The minimum atomic E-state index is 0.678. The van der Waals surface area contributed by atoms with Crippen molar-refractivity contribution in [2.45, 2.75) is 31.7 Å². The minimum absolute atomic E-state index is 0.678. The average Bonchev–Trinajstić information content (AvgIpc) is 3.40. The van der Waals surface area contributed by atoms with Crippen molar-refractivity contribution in [3.63, 3.8) is 0 Å². The summed E-state index contributed by atoms with van der Waals surface area (Å²) in [5.41, 5.74) is 1.19. The van der Waals surface area contributed by atoms with E-state index in [9.17, 15) is 0 Å². The molecule has 0 aromatic heterocycles. The highest BCUT2D eigenvalue weighted by Crippen LogP contribution is 2.46. The van der Waals surface area contributed by atoms with Gasteiger partial charge in [-0.2, -0.15) is 0 Å². The topological polar surface area (TPSA) is 21.3 Å². The van der Waals surface area contributed by atoms with Crippen molar-refractivity contribution >= 4 is 5.69 Å². The molecule has 2 aliphatic rings. The first-order valence-electron chi connectivity index (χ1n) is 7.98. The summed E-state index contributed by atoms with van der Waals surface area (Å²) >= 11 is 0. The molecular formula is C19H21NO. The van der Waals surface area contributed by atoms with Crippen LogP contribution < -0.4 is 10.1 Å². The summed E-state index contributed by atoms with van der Waals surface area (Å²) < 4.78 is 5.91. The third-order valence-corrected chi connectivity index (χ3v) is 4.41. The van der Waals surface area contributed by atoms with Gasteiger partial charge in [-0.1, -0.05) is 24.3 Å². The highest BCUT2D eigenvalue weighted by atomic mass is 16.5. The molecule has 0 saturated heterocycles. The van der Waals surface area contributed by atoms with Crippen LogP contribution in [0.5, 0.6) is 11.5 Å². The summed E-state index contributed by atoms with van der Waals surface area (Å²) in [6.45, 7) is 0. The predicted octanol–water partition coefficient (Wildman–Crippen LogP) is 5.08. The lowest BCUT2D eigenvalue weighted by Gasteiger charge is -2.19. The standard InChI is InChI=1S/C19H21NO/c1-2-6-17(7-3-1)21-18-8-4-5-16(13-18)20-19(14-9-10-14)15-11-12-15/h1-8,13-15,19-20H,9-12H2. The number of hydrogen-bond acceptors (Lipinski definition) is 2. The Morgan fingerprint density at radius 2 is 1.48 bits per heavy atom. The maximum absolute atomic E-state index is 5.91. The second-order valence-electron chi connectivity index (χ2n) is 6.29. The Morgan fingerprint density at radius 3 is 2.14 bits per heavy atom. The first-order chi connectivity index (χ1) is 10.4. The molecule has 21 heavy (non-hydrogen) atoms. The number of anilines is 1. The number of ether oxygens (including phenoxy) is 1. The van der Waals surface area contributed by atoms with Crippen LogP contribution >= 0.6 is 0 Å². The smallest absolute Gasteiger partial charge is 0.129 e. The molecule has 2 aromatic rings. The van der Waals surface area contributed by atoms with Gasteiger partial charge in [0.2, 0.25) is 0 Å². The molecule has 2 aromatic carbocycles. The van der Waals surface area contributed by atoms with Gasteiger partial charge < -0.3 is 10.1 Å². The van der Waals surface area contributed by atoms with Crippen molar-refractivity contribution in [2.24, 2.45) is 11.8 Å². The van der Waals surface area contributed by atoms with Gasteiger partial charge in [-0.25, -0.2) is 0 Å². The van der Waals surface area contributed by atoms with E-state index < -0.39 is 0 Å². The van der Waals surface area contributed by atoms with Crippen LogP contribution in [0.1, 0.15) is 25.7 Å². The van der Waals surface area contributed by atoms with Crippen molar-refractivity contribution in [3.8, 4) is 11.5 Å². The van der Waals surface area contributed by atoms with Gasteiger partial charge in [-0.05, 0) is 61.8 Å². The first-order valence-corrected chi connectivity index (χ1v) is 7.98. The second-order valence-corrected chi connectivity index (χ2v) is 6.29. The molecule has 2 fully saturated rings. The van der Waals surface area contributed by atoms with E-state index >= 15 is 0 Å². The Kier molecular flexibility index (Phi) is 3.30. The minimum Gasteiger partial charge on any atom is -0.457 e. The molecule has 1 N–H and O–H groups in total. The number of para-hydroxylation sites is 1. The van der Waals surface area contributed by atoms with E-state index in [1.165, 1.54) is 31.4 Å². The molecule has 0 unspecified atom stereocenters. The second kappa shape index (κ2) is 5.44. The van der Waals surface area contributed by atoms with Crippen molar-refractivity contribution in [1.82, 2.24) is 0 Å². The van der Waals surface area contributed by atoms with Crippen LogP contribution in [0.3, 0.4) is 0 Å². The van der Waals surface area contributed by atoms with E-state index in [0.29, 0.717) is 6.04 Å². The molecule has 0 atom stereocenters. The molecule has 0 amide bonds. The molecule has 0 aliphatic heterocycles. The van der Waals surface area contributed by atoms with Gasteiger partial charge >= 0.3 is 0 Å². The summed E-state index contributed by atoms with van der Waals surface area (Å²) in [6.07, 6.45) is 5.59. The lowest BCUT2D eigenvalue weighted by molar-refractivity contribution is 0.482. The van der Waals surface area contributed by atoms with Crippen molar-refractivity contribution in [3.05, 3.63) is 54.6 Å². The third kappa shape index (κ3) is 3.21. The van der Waals surface area contributed by atoms with E-state index in [0.717, 1.165) is 23.3 Å². The summed E-state index contributed by atoms with van der Waals surface area (Å²) in [4.78, 5) is 0. The third-order valence-electron chi connectivity index (χ3n) is 4.41. The van der Waals surface area contributed by atoms with Gasteiger partial charge in [0.05, 0.1) is 0 Å². The molecule has 0 bridgehead atoms. The number of benzene rings is 2. The molecule has 108 valence electrons. The summed E-state index contributed by atoms with van der Waals surface area (Å²) in [5.74, 6) is 3.58. The molecule has 2 nitrogen and oxygen atoms in total. The molecule has 0 heterocycles. The quantitative estimate of drug-likeness (QED) is 0.796. The maximum atomic E-state index is 5.91. The highest BCUT2D eigenvalue weighted by Gasteiger charge is 2.41. The molecule has 2 heteroatoms. The Balaban J connectivity index is 1.47. The maximum Gasteiger partial charge on any atom is 0.129 e. The molecule has 0 spiro atoms. The molecule has 2 saturated carbocycles. The average molecular weight is 279 g/mol. The van der Waals surface area contributed by atoms with Gasteiger partial charge in [0, 0.05) is 17.8 Å². The zero-order valence-corrected chi connectivity index (χ0v) is 12.2. The monoisotopic (exact) mass is 279 g/mol. The Labute approximate surface area is 126 Å². The van der Waals surface area contributed by atoms with Gasteiger partial charge in [0.1, 0.15) is 11.5 Å². The molecule has 0 radical (unpaired) electrons. The fourth-order valence-electron chi connectivity index (χ4n) is 3.00. The number of nitrogens with one attached hydrogen (secondary N) is 1. The van der Waals surface area contributed by atoms with Crippen molar-refractivity contribution in [2.75, 3.05) is 5.32 Å². The zero-order valence-electron chi connectivity index (χ0n) is 12.2. The predicted molar refractivity (Wildman–Crippen MR) is 85.8 cm³/mol. The Morgan fingerprint density at radius 1 is 0.810 bits per heavy atom. The van der Waals surface area contributed by atoms with Crippen LogP contribution in [0.15, 0.2) is 54.6 Å². The lowest BCUT2D eigenvalue weighted by Crippen LogP contribution is -2.24. The van der Waals surface area contributed by atoms with E-state index in [2.05, 4.69) is 23.5 Å². The van der Waals surface area contributed by atoms with Gasteiger partial charge in [0.25, 0.3) is 0 Å².